The van der Waals surface area contributed by atoms with Crippen molar-refractivity contribution in [3.05, 3.63) is 32.6 Å². The highest BCUT2D eigenvalue weighted by Gasteiger charge is 1.99. The zero-order chi connectivity index (χ0) is 10.6. The number of aromatic amines is 1. The molecule has 0 fully saturated rings. The molecule has 1 heterocycles. The summed E-state index contributed by atoms with van der Waals surface area (Å²) in [5.41, 5.74) is -0.311. The second kappa shape index (κ2) is 5.11. The van der Waals surface area contributed by atoms with Gasteiger partial charge in [0.05, 0.1) is 6.61 Å². The first-order valence-corrected chi connectivity index (χ1v) is 5.21. The SMILES string of the molecule is Cc1cn(COCCBr)c(=O)[nH]c1=O. The third-order valence-electron chi connectivity index (χ3n) is 1.64. The molecule has 1 N–H and O–H groups in total. The van der Waals surface area contributed by atoms with Crippen LogP contribution in [0.3, 0.4) is 0 Å². The van der Waals surface area contributed by atoms with Crippen LogP contribution in [0.25, 0.3) is 0 Å². The van der Waals surface area contributed by atoms with Crippen molar-refractivity contribution in [3.63, 3.8) is 0 Å². The van der Waals surface area contributed by atoms with E-state index in [1.165, 1.54) is 10.8 Å². The maximum Gasteiger partial charge on any atom is 0.330 e. The molecule has 0 radical (unpaired) electrons. The highest BCUT2D eigenvalue weighted by atomic mass is 79.9. The van der Waals surface area contributed by atoms with E-state index in [9.17, 15) is 9.59 Å². The third-order valence-corrected chi connectivity index (χ3v) is 1.96. The molecule has 0 amide bonds. The van der Waals surface area contributed by atoms with E-state index in [0.717, 1.165) is 0 Å². The van der Waals surface area contributed by atoms with Crippen LogP contribution in [0.5, 0.6) is 0 Å². The third kappa shape index (κ3) is 2.81. The summed E-state index contributed by atoms with van der Waals surface area (Å²) in [4.78, 5) is 24.4. The van der Waals surface area contributed by atoms with Gasteiger partial charge in [-0.2, -0.15) is 0 Å². The Labute approximate surface area is 88.8 Å². The Morgan fingerprint density at radius 2 is 2.29 bits per heavy atom. The molecule has 1 rings (SSSR count). The lowest BCUT2D eigenvalue weighted by Gasteiger charge is -2.05. The molecule has 0 aromatic carbocycles. The highest BCUT2D eigenvalue weighted by Crippen LogP contribution is 1.87. The smallest absolute Gasteiger partial charge is 0.330 e. The molecule has 0 aliphatic rings. The van der Waals surface area contributed by atoms with Gasteiger partial charge in [-0.1, -0.05) is 15.9 Å². The quantitative estimate of drug-likeness (QED) is 0.624. The van der Waals surface area contributed by atoms with Crippen molar-refractivity contribution in [3.8, 4) is 0 Å². The zero-order valence-electron chi connectivity index (χ0n) is 7.75. The molecule has 0 bridgehead atoms. The molecule has 1 aromatic heterocycles. The summed E-state index contributed by atoms with van der Waals surface area (Å²) < 4.78 is 6.46. The average Bonchev–Trinajstić information content (AvgIpc) is 2.14. The first-order chi connectivity index (χ1) is 6.65. The maximum atomic E-state index is 11.2. The molecule has 0 saturated carbocycles. The largest absolute Gasteiger partial charge is 0.360 e. The van der Waals surface area contributed by atoms with Gasteiger partial charge >= 0.3 is 5.69 Å². The minimum absolute atomic E-state index is 0.155. The fourth-order valence-corrected chi connectivity index (χ4v) is 1.16. The van der Waals surface area contributed by atoms with Crippen molar-refractivity contribution >= 4 is 15.9 Å². The maximum absolute atomic E-state index is 11.2. The first-order valence-electron chi connectivity index (χ1n) is 4.09. The second-order valence-electron chi connectivity index (χ2n) is 2.77. The summed E-state index contributed by atoms with van der Waals surface area (Å²) in [5.74, 6) is 0. The van der Waals surface area contributed by atoms with Gasteiger partial charge in [0.15, 0.2) is 0 Å². The second-order valence-corrected chi connectivity index (χ2v) is 3.56. The highest BCUT2D eigenvalue weighted by molar-refractivity contribution is 9.09. The minimum atomic E-state index is -0.449. The van der Waals surface area contributed by atoms with Gasteiger partial charge in [0.2, 0.25) is 0 Å². The van der Waals surface area contributed by atoms with Crippen LogP contribution in [0, 0.1) is 6.92 Å². The van der Waals surface area contributed by atoms with E-state index in [2.05, 4.69) is 20.9 Å². The van der Waals surface area contributed by atoms with Crippen molar-refractivity contribution in [2.24, 2.45) is 0 Å². The number of aromatic nitrogens is 2. The van der Waals surface area contributed by atoms with Crippen molar-refractivity contribution in [2.75, 3.05) is 11.9 Å². The molecular weight excluding hydrogens is 252 g/mol. The fourth-order valence-electron chi connectivity index (χ4n) is 0.932. The molecule has 0 aliphatic carbocycles. The van der Waals surface area contributed by atoms with Crippen LogP contribution in [0.4, 0.5) is 0 Å². The van der Waals surface area contributed by atoms with Crippen LogP contribution < -0.4 is 11.2 Å². The van der Waals surface area contributed by atoms with Crippen LogP contribution in [0.15, 0.2) is 15.8 Å². The van der Waals surface area contributed by atoms with Crippen molar-refractivity contribution in [2.45, 2.75) is 13.7 Å². The van der Waals surface area contributed by atoms with Crippen LogP contribution in [0.2, 0.25) is 0 Å². The van der Waals surface area contributed by atoms with Gasteiger partial charge in [-0.15, -0.1) is 0 Å². The Morgan fingerprint density at radius 1 is 1.57 bits per heavy atom. The topological polar surface area (TPSA) is 64.1 Å². The molecule has 0 unspecified atom stereocenters. The van der Waals surface area contributed by atoms with Gasteiger partial charge in [-0.05, 0) is 6.92 Å². The van der Waals surface area contributed by atoms with Gasteiger partial charge in [-0.3, -0.25) is 14.3 Å². The van der Waals surface area contributed by atoms with E-state index in [0.29, 0.717) is 17.5 Å². The monoisotopic (exact) mass is 262 g/mol. The molecule has 78 valence electrons. The number of H-pyrrole nitrogens is 1. The predicted octanol–water partition coefficient (Wildman–Crippen LogP) is 0.214. The van der Waals surface area contributed by atoms with Gasteiger partial charge in [0.1, 0.15) is 6.73 Å². The van der Waals surface area contributed by atoms with E-state index >= 15 is 0 Å². The molecule has 5 nitrogen and oxygen atoms in total. The molecule has 1 aromatic rings. The number of rotatable bonds is 4. The average molecular weight is 263 g/mol. The number of nitrogens with zero attached hydrogens (tertiary/aromatic N) is 1. The molecule has 6 heteroatoms. The number of nitrogens with one attached hydrogen (secondary N) is 1. The van der Waals surface area contributed by atoms with Crippen molar-refractivity contribution in [1.82, 2.24) is 9.55 Å². The molecule has 14 heavy (non-hydrogen) atoms. The van der Waals surface area contributed by atoms with Crippen molar-refractivity contribution < 1.29 is 4.74 Å². The molecule has 0 atom stereocenters. The van der Waals surface area contributed by atoms with Crippen LogP contribution in [0.1, 0.15) is 5.56 Å². The molecule has 0 spiro atoms. The molecule has 0 saturated heterocycles. The lowest BCUT2D eigenvalue weighted by Crippen LogP contribution is -2.31. The zero-order valence-corrected chi connectivity index (χ0v) is 9.33. The van der Waals surface area contributed by atoms with Crippen molar-refractivity contribution in [1.29, 1.82) is 0 Å². The number of aryl methyl sites for hydroxylation is 1. The fraction of sp³-hybridized carbons (Fsp3) is 0.500. The summed E-state index contributed by atoms with van der Waals surface area (Å²) in [7, 11) is 0. The number of ether oxygens (including phenoxy) is 1. The molecule has 0 aliphatic heterocycles. The number of hydrogen-bond acceptors (Lipinski definition) is 3. The van der Waals surface area contributed by atoms with E-state index in [1.807, 2.05) is 0 Å². The van der Waals surface area contributed by atoms with Crippen LogP contribution in [-0.2, 0) is 11.5 Å². The number of halogens is 1. The Bertz CT molecular complexity index is 410. The lowest BCUT2D eigenvalue weighted by molar-refractivity contribution is 0.0867. The van der Waals surface area contributed by atoms with E-state index in [4.69, 9.17) is 4.74 Å². The van der Waals surface area contributed by atoms with Crippen LogP contribution >= 0.6 is 15.9 Å². The normalized spacial score (nSPS) is 10.4. The number of hydrogen-bond donors (Lipinski definition) is 1. The van der Waals surface area contributed by atoms with Gasteiger partial charge in [0.25, 0.3) is 5.56 Å². The first kappa shape index (κ1) is 11.2. The van der Waals surface area contributed by atoms with Gasteiger partial charge in [-0.25, -0.2) is 4.79 Å². The summed E-state index contributed by atoms with van der Waals surface area (Å²) in [6.07, 6.45) is 1.48. The van der Waals surface area contributed by atoms with E-state index < -0.39 is 5.69 Å². The summed E-state index contributed by atoms with van der Waals surface area (Å²) in [5, 5.41) is 0.712. The van der Waals surface area contributed by atoms with E-state index in [-0.39, 0.29) is 12.3 Å². The minimum Gasteiger partial charge on any atom is -0.360 e. The molecular formula is C8H11BrN2O3. The Balaban J connectivity index is 2.82. The summed E-state index contributed by atoms with van der Waals surface area (Å²) in [6, 6.07) is 0. The van der Waals surface area contributed by atoms with Gasteiger partial charge < -0.3 is 4.74 Å². The predicted molar refractivity (Wildman–Crippen MR) is 55.8 cm³/mol. The Hall–Kier alpha value is -0.880. The lowest BCUT2D eigenvalue weighted by atomic mass is 10.4. The Morgan fingerprint density at radius 3 is 2.93 bits per heavy atom. The summed E-state index contributed by atoms with van der Waals surface area (Å²) in [6.45, 7) is 2.31. The van der Waals surface area contributed by atoms with Crippen LogP contribution in [-0.4, -0.2) is 21.5 Å². The number of alkyl halides is 1. The van der Waals surface area contributed by atoms with Gasteiger partial charge in [0, 0.05) is 17.1 Å². The Kier molecular flexibility index (Phi) is 4.09. The standard InChI is InChI=1S/C8H11BrN2O3/c1-6-4-11(5-14-3-2-9)8(13)10-7(6)12/h4H,2-3,5H2,1H3,(H,10,12,13). The van der Waals surface area contributed by atoms with E-state index in [1.54, 1.807) is 6.92 Å². The summed E-state index contributed by atoms with van der Waals surface area (Å²) >= 11 is 3.20.